The Morgan fingerprint density at radius 3 is 3.00 bits per heavy atom. The molecule has 1 aromatic carbocycles. The quantitative estimate of drug-likeness (QED) is 0.775. The molecule has 1 unspecified atom stereocenters. The third kappa shape index (κ3) is 1.40. The Morgan fingerprint density at radius 1 is 1.31 bits per heavy atom. The highest BCUT2D eigenvalue weighted by Crippen LogP contribution is 2.44. The first-order chi connectivity index (χ1) is 7.77. The van der Waals surface area contributed by atoms with Gasteiger partial charge in [0, 0.05) is 36.1 Å². The third-order valence-electron chi connectivity index (χ3n) is 3.95. The SMILES string of the molecule is CC(C)N1CCC2CCNc3cccc1c32. The summed E-state index contributed by atoms with van der Waals surface area (Å²) >= 11 is 0. The molecule has 0 saturated carbocycles. The number of nitrogens with one attached hydrogen (secondary N) is 1. The highest BCUT2D eigenvalue weighted by Gasteiger charge is 2.30. The fraction of sp³-hybridized carbons (Fsp3) is 0.571. The monoisotopic (exact) mass is 216 g/mol. The first-order valence-electron chi connectivity index (χ1n) is 6.41. The van der Waals surface area contributed by atoms with E-state index in [-0.39, 0.29) is 0 Å². The van der Waals surface area contributed by atoms with Crippen LogP contribution in [0.25, 0.3) is 0 Å². The average Bonchev–Trinajstić information content (AvgIpc) is 2.30. The topological polar surface area (TPSA) is 15.3 Å². The molecule has 86 valence electrons. The minimum absolute atomic E-state index is 0.606. The summed E-state index contributed by atoms with van der Waals surface area (Å²) in [5, 5.41) is 3.53. The van der Waals surface area contributed by atoms with Gasteiger partial charge in [-0.15, -0.1) is 0 Å². The van der Waals surface area contributed by atoms with Gasteiger partial charge in [-0.05, 0) is 44.7 Å². The van der Waals surface area contributed by atoms with Crippen molar-refractivity contribution in [3.05, 3.63) is 23.8 Å². The van der Waals surface area contributed by atoms with Crippen molar-refractivity contribution in [2.75, 3.05) is 23.3 Å². The summed E-state index contributed by atoms with van der Waals surface area (Å²) in [6, 6.07) is 7.31. The van der Waals surface area contributed by atoms with Crippen molar-refractivity contribution in [1.82, 2.24) is 0 Å². The molecule has 0 radical (unpaired) electrons. The van der Waals surface area contributed by atoms with Crippen LogP contribution in [0.1, 0.15) is 38.2 Å². The Bertz CT molecular complexity index is 398. The van der Waals surface area contributed by atoms with Crippen LogP contribution >= 0.6 is 0 Å². The summed E-state index contributed by atoms with van der Waals surface area (Å²) in [5.41, 5.74) is 4.42. The van der Waals surface area contributed by atoms with E-state index >= 15 is 0 Å². The molecule has 2 heteroatoms. The first-order valence-corrected chi connectivity index (χ1v) is 6.41. The van der Waals surface area contributed by atoms with Crippen LogP contribution in [-0.4, -0.2) is 19.1 Å². The third-order valence-corrected chi connectivity index (χ3v) is 3.95. The van der Waals surface area contributed by atoms with Crippen molar-refractivity contribution < 1.29 is 0 Å². The van der Waals surface area contributed by atoms with Gasteiger partial charge in [-0.3, -0.25) is 0 Å². The second kappa shape index (κ2) is 3.69. The number of anilines is 2. The van der Waals surface area contributed by atoms with E-state index < -0.39 is 0 Å². The summed E-state index contributed by atoms with van der Waals surface area (Å²) < 4.78 is 0. The smallest absolute Gasteiger partial charge is 0.0424 e. The molecule has 0 amide bonds. The lowest BCUT2D eigenvalue weighted by Crippen LogP contribution is -2.38. The van der Waals surface area contributed by atoms with Crippen molar-refractivity contribution in [3.8, 4) is 0 Å². The summed E-state index contributed by atoms with van der Waals surface area (Å²) in [6.45, 7) is 6.94. The molecule has 0 fully saturated rings. The largest absolute Gasteiger partial charge is 0.385 e. The summed E-state index contributed by atoms with van der Waals surface area (Å²) in [7, 11) is 0. The second-order valence-corrected chi connectivity index (χ2v) is 5.23. The minimum atomic E-state index is 0.606. The number of benzene rings is 1. The maximum atomic E-state index is 3.53. The molecule has 0 spiro atoms. The van der Waals surface area contributed by atoms with Gasteiger partial charge < -0.3 is 10.2 Å². The molecule has 2 aliphatic heterocycles. The lowest BCUT2D eigenvalue weighted by atomic mass is 9.83. The van der Waals surface area contributed by atoms with E-state index in [2.05, 4.69) is 42.3 Å². The van der Waals surface area contributed by atoms with Crippen molar-refractivity contribution in [3.63, 3.8) is 0 Å². The summed E-state index contributed by atoms with van der Waals surface area (Å²) in [6.07, 6.45) is 2.62. The Balaban J connectivity index is 2.11. The number of hydrogen-bond donors (Lipinski definition) is 1. The first kappa shape index (κ1) is 10.0. The molecule has 2 aliphatic rings. The molecule has 0 aromatic heterocycles. The van der Waals surface area contributed by atoms with E-state index in [9.17, 15) is 0 Å². The predicted octanol–water partition coefficient (Wildman–Crippen LogP) is 3.20. The van der Waals surface area contributed by atoms with Gasteiger partial charge >= 0.3 is 0 Å². The Morgan fingerprint density at radius 2 is 2.19 bits per heavy atom. The molecule has 1 N–H and O–H groups in total. The molecule has 0 aliphatic carbocycles. The van der Waals surface area contributed by atoms with Crippen LogP contribution in [0.5, 0.6) is 0 Å². The van der Waals surface area contributed by atoms with E-state index in [1.165, 1.54) is 30.8 Å². The summed E-state index contributed by atoms with van der Waals surface area (Å²) in [4.78, 5) is 2.54. The van der Waals surface area contributed by atoms with Gasteiger partial charge in [0.1, 0.15) is 0 Å². The molecule has 16 heavy (non-hydrogen) atoms. The van der Waals surface area contributed by atoms with Crippen LogP contribution in [0.4, 0.5) is 11.4 Å². The molecule has 3 rings (SSSR count). The van der Waals surface area contributed by atoms with Gasteiger partial charge in [-0.1, -0.05) is 6.07 Å². The van der Waals surface area contributed by atoms with E-state index in [0.717, 1.165) is 12.5 Å². The normalized spacial score (nSPS) is 22.9. The number of hydrogen-bond acceptors (Lipinski definition) is 2. The second-order valence-electron chi connectivity index (χ2n) is 5.23. The highest BCUT2D eigenvalue weighted by molar-refractivity contribution is 5.70. The highest BCUT2D eigenvalue weighted by atomic mass is 15.2. The van der Waals surface area contributed by atoms with Crippen LogP contribution in [0, 0.1) is 0 Å². The molecular weight excluding hydrogens is 196 g/mol. The zero-order chi connectivity index (χ0) is 11.1. The number of rotatable bonds is 1. The Kier molecular flexibility index (Phi) is 2.31. The van der Waals surface area contributed by atoms with Crippen LogP contribution in [0.2, 0.25) is 0 Å². The molecule has 1 atom stereocenters. The predicted molar refractivity (Wildman–Crippen MR) is 69.4 cm³/mol. The van der Waals surface area contributed by atoms with E-state index in [1.807, 2.05) is 0 Å². The lowest BCUT2D eigenvalue weighted by Gasteiger charge is -2.41. The van der Waals surface area contributed by atoms with Gasteiger partial charge in [0.15, 0.2) is 0 Å². The maximum Gasteiger partial charge on any atom is 0.0424 e. The lowest BCUT2D eigenvalue weighted by molar-refractivity contribution is 0.521. The van der Waals surface area contributed by atoms with E-state index in [1.54, 1.807) is 5.56 Å². The zero-order valence-electron chi connectivity index (χ0n) is 10.2. The fourth-order valence-electron chi connectivity index (χ4n) is 3.15. The molecule has 2 nitrogen and oxygen atoms in total. The molecule has 0 bridgehead atoms. The van der Waals surface area contributed by atoms with Gasteiger partial charge in [0.2, 0.25) is 0 Å². The van der Waals surface area contributed by atoms with E-state index in [0.29, 0.717) is 6.04 Å². The minimum Gasteiger partial charge on any atom is -0.385 e. The van der Waals surface area contributed by atoms with Gasteiger partial charge in [0.05, 0.1) is 0 Å². The molecule has 2 heterocycles. The Labute approximate surface area is 97.6 Å². The molecule has 1 aromatic rings. The van der Waals surface area contributed by atoms with Gasteiger partial charge in [-0.2, -0.15) is 0 Å². The van der Waals surface area contributed by atoms with Gasteiger partial charge in [-0.25, -0.2) is 0 Å². The zero-order valence-corrected chi connectivity index (χ0v) is 10.2. The van der Waals surface area contributed by atoms with Crippen molar-refractivity contribution in [2.45, 2.75) is 38.6 Å². The molecular formula is C14H20N2. The van der Waals surface area contributed by atoms with Crippen LogP contribution < -0.4 is 10.2 Å². The standard InChI is InChI=1S/C14H20N2/c1-10(2)16-9-7-11-6-8-15-12-4-3-5-13(16)14(11)12/h3-5,10-11,15H,6-9H2,1-2H3. The Hall–Kier alpha value is -1.18. The van der Waals surface area contributed by atoms with Gasteiger partial charge in [0.25, 0.3) is 0 Å². The van der Waals surface area contributed by atoms with Crippen molar-refractivity contribution in [1.29, 1.82) is 0 Å². The molecule has 0 saturated heterocycles. The van der Waals surface area contributed by atoms with Crippen LogP contribution in [0.3, 0.4) is 0 Å². The average molecular weight is 216 g/mol. The number of nitrogens with zero attached hydrogens (tertiary/aromatic N) is 1. The fourth-order valence-corrected chi connectivity index (χ4v) is 3.15. The van der Waals surface area contributed by atoms with Crippen LogP contribution in [0.15, 0.2) is 18.2 Å². The summed E-state index contributed by atoms with van der Waals surface area (Å²) in [5.74, 6) is 0.794. The maximum absolute atomic E-state index is 3.53. The van der Waals surface area contributed by atoms with Crippen LogP contribution in [-0.2, 0) is 0 Å². The van der Waals surface area contributed by atoms with Crippen molar-refractivity contribution in [2.24, 2.45) is 0 Å². The van der Waals surface area contributed by atoms with E-state index in [4.69, 9.17) is 0 Å². The van der Waals surface area contributed by atoms with Crippen molar-refractivity contribution >= 4 is 11.4 Å².